The van der Waals surface area contributed by atoms with Gasteiger partial charge < -0.3 is 30.2 Å². The molecule has 1 unspecified atom stereocenters. The number of hydrogen-bond donors (Lipinski definition) is 3. The van der Waals surface area contributed by atoms with Crippen LogP contribution in [0.2, 0.25) is 0 Å². The fraction of sp³-hybridized carbons (Fsp3) is 0.238. The number of methoxy groups -OCH3 is 3. The molecule has 1 aliphatic heterocycles. The number of rotatable bonds is 6. The summed E-state index contributed by atoms with van der Waals surface area (Å²) in [6.45, 7) is 1.69. The molecule has 29 heavy (non-hydrogen) atoms. The molecule has 3 rings (SSSR count). The number of urea groups is 1. The van der Waals surface area contributed by atoms with Gasteiger partial charge in [0.25, 0.3) is 5.91 Å². The van der Waals surface area contributed by atoms with E-state index in [1.165, 1.54) is 7.11 Å². The number of nitrogens with one attached hydrogen (secondary N) is 3. The normalized spacial score (nSPS) is 15.9. The molecule has 0 saturated heterocycles. The number of hydrogen-bond acceptors (Lipinski definition) is 5. The first-order chi connectivity index (χ1) is 14.0. The summed E-state index contributed by atoms with van der Waals surface area (Å²) in [7, 11) is 4.65. The highest BCUT2D eigenvalue weighted by atomic mass is 16.5. The smallest absolute Gasteiger partial charge is 0.319 e. The fourth-order valence-electron chi connectivity index (χ4n) is 3.15. The van der Waals surface area contributed by atoms with Crippen LogP contribution in [-0.2, 0) is 4.79 Å². The topological polar surface area (TPSA) is 97.9 Å². The van der Waals surface area contributed by atoms with Crippen molar-refractivity contribution in [3.05, 3.63) is 59.3 Å². The molecule has 0 spiro atoms. The number of carbonyl (C=O) groups excluding carboxylic acids is 2. The van der Waals surface area contributed by atoms with E-state index in [-0.39, 0.29) is 11.9 Å². The third-order valence-electron chi connectivity index (χ3n) is 4.60. The Balaban J connectivity index is 1.94. The van der Waals surface area contributed by atoms with Gasteiger partial charge in [-0.3, -0.25) is 4.79 Å². The Morgan fingerprint density at radius 2 is 1.66 bits per heavy atom. The first kappa shape index (κ1) is 20.1. The predicted molar refractivity (Wildman–Crippen MR) is 108 cm³/mol. The highest BCUT2D eigenvalue weighted by Gasteiger charge is 2.31. The molecule has 1 heterocycles. The van der Waals surface area contributed by atoms with Gasteiger partial charge in [0, 0.05) is 11.4 Å². The van der Waals surface area contributed by atoms with Gasteiger partial charge in [0.05, 0.1) is 32.9 Å². The maximum atomic E-state index is 13.1. The molecule has 2 aromatic carbocycles. The number of carbonyl (C=O) groups is 2. The van der Waals surface area contributed by atoms with Gasteiger partial charge in [0.15, 0.2) is 11.5 Å². The van der Waals surface area contributed by atoms with Gasteiger partial charge in [-0.15, -0.1) is 0 Å². The molecule has 0 bridgehead atoms. The van der Waals surface area contributed by atoms with Crippen molar-refractivity contribution in [3.8, 4) is 17.2 Å². The minimum absolute atomic E-state index is 0.333. The van der Waals surface area contributed by atoms with Crippen LogP contribution in [0.3, 0.4) is 0 Å². The van der Waals surface area contributed by atoms with Crippen molar-refractivity contribution in [2.75, 3.05) is 26.6 Å². The van der Waals surface area contributed by atoms with Crippen LogP contribution in [0.1, 0.15) is 18.5 Å². The summed E-state index contributed by atoms with van der Waals surface area (Å²) in [5, 5.41) is 8.32. The molecule has 0 fully saturated rings. The Labute approximate surface area is 168 Å². The lowest BCUT2D eigenvalue weighted by Crippen LogP contribution is -2.45. The Morgan fingerprint density at radius 3 is 2.28 bits per heavy atom. The number of benzene rings is 2. The van der Waals surface area contributed by atoms with E-state index in [0.717, 1.165) is 0 Å². The lowest BCUT2D eigenvalue weighted by Gasteiger charge is -2.29. The number of ether oxygens (including phenoxy) is 3. The van der Waals surface area contributed by atoms with Gasteiger partial charge in [0.2, 0.25) is 0 Å². The van der Waals surface area contributed by atoms with Crippen LogP contribution in [0.25, 0.3) is 0 Å². The molecule has 1 aliphatic rings. The van der Waals surface area contributed by atoms with Gasteiger partial charge in [-0.1, -0.05) is 6.07 Å². The zero-order chi connectivity index (χ0) is 21.0. The average molecular weight is 397 g/mol. The van der Waals surface area contributed by atoms with E-state index in [0.29, 0.717) is 39.8 Å². The third kappa shape index (κ3) is 4.26. The molecule has 8 heteroatoms. The van der Waals surface area contributed by atoms with Crippen LogP contribution >= 0.6 is 0 Å². The summed E-state index contributed by atoms with van der Waals surface area (Å²) in [6.07, 6.45) is 0. The highest BCUT2D eigenvalue weighted by Crippen LogP contribution is 2.34. The molecule has 0 aliphatic carbocycles. The summed E-state index contributed by atoms with van der Waals surface area (Å²) >= 11 is 0. The van der Waals surface area contributed by atoms with Gasteiger partial charge in [-0.2, -0.15) is 0 Å². The van der Waals surface area contributed by atoms with Gasteiger partial charge in [-0.05, 0) is 48.9 Å². The number of anilines is 1. The van der Waals surface area contributed by atoms with Crippen molar-refractivity contribution in [1.29, 1.82) is 0 Å². The Hall–Kier alpha value is -3.68. The van der Waals surface area contributed by atoms with E-state index in [2.05, 4.69) is 16.0 Å². The minimum atomic E-state index is -0.651. The molecule has 1 atom stereocenters. The molecule has 0 radical (unpaired) electrons. The molecule has 0 aromatic heterocycles. The van der Waals surface area contributed by atoms with E-state index in [4.69, 9.17) is 14.2 Å². The molecule has 152 valence electrons. The lowest BCUT2D eigenvalue weighted by molar-refractivity contribution is -0.113. The van der Waals surface area contributed by atoms with Gasteiger partial charge in [-0.25, -0.2) is 4.79 Å². The van der Waals surface area contributed by atoms with Gasteiger partial charge in [0.1, 0.15) is 5.75 Å². The summed E-state index contributed by atoms with van der Waals surface area (Å²) in [6, 6.07) is 11.2. The summed E-state index contributed by atoms with van der Waals surface area (Å²) < 4.78 is 15.8. The number of amides is 3. The van der Waals surface area contributed by atoms with Crippen LogP contribution in [0.4, 0.5) is 10.5 Å². The summed E-state index contributed by atoms with van der Waals surface area (Å²) in [5.41, 5.74) is 2.17. The van der Waals surface area contributed by atoms with Crippen molar-refractivity contribution >= 4 is 17.6 Å². The lowest BCUT2D eigenvalue weighted by atomic mass is 9.94. The van der Waals surface area contributed by atoms with E-state index in [1.54, 1.807) is 63.6 Å². The zero-order valence-electron chi connectivity index (χ0n) is 16.7. The van der Waals surface area contributed by atoms with Crippen molar-refractivity contribution < 1.29 is 23.8 Å². The second-order valence-electron chi connectivity index (χ2n) is 6.37. The van der Waals surface area contributed by atoms with Crippen molar-refractivity contribution in [1.82, 2.24) is 10.6 Å². The molecule has 8 nitrogen and oxygen atoms in total. The molecule has 3 amide bonds. The van der Waals surface area contributed by atoms with Crippen LogP contribution < -0.4 is 30.2 Å². The summed E-state index contributed by atoms with van der Waals surface area (Å²) in [5.74, 6) is 1.42. The quantitative estimate of drug-likeness (QED) is 0.696. The Bertz CT molecular complexity index is 953. The first-order valence-corrected chi connectivity index (χ1v) is 8.92. The second kappa shape index (κ2) is 8.55. The Kier molecular flexibility index (Phi) is 5.92. The maximum absolute atomic E-state index is 13.1. The SMILES string of the molecule is COc1ccc(NC(=O)C2=C(C)NC(=O)NC2c2ccc(OC)c(OC)c2)cc1. The van der Waals surface area contributed by atoms with E-state index < -0.39 is 6.04 Å². The van der Waals surface area contributed by atoms with Crippen LogP contribution in [0.5, 0.6) is 17.2 Å². The zero-order valence-corrected chi connectivity index (χ0v) is 16.7. The van der Waals surface area contributed by atoms with Crippen molar-refractivity contribution in [2.24, 2.45) is 0 Å². The predicted octanol–water partition coefficient (Wildman–Crippen LogP) is 2.98. The van der Waals surface area contributed by atoms with Crippen molar-refractivity contribution in [2.45, 2.75) is 13.0 Å². The highest BCUT2D eigenvalue weighted by molar-refractivity contribution is 6.06. The van der Waals surface area contributed by atoms with Crippen LogP contribution in [0.15, 0.2) is 53.7 Å². The van der Waals surface area contributed by atoms with Crippen molar-refractivity contribution in [3.63, 3.8) is 0 Å². The largest absolute Gasteiger partial charge is 0.497 e. The van der Waals surface area contributed by atoms with E-state index in [1.807, 2.05) is 0 Å². The third-order valence-corrected chi connectivity index (χ3v) is 4.60. The molecular formula is C21H23N3O5. The van der Waals surface area contributed by atoms with Gasteiger partial charge >= 0.3 is 6.03 Å². The van der Waals surface area contributed by atoms with Crippen LogP contribution in [-0.4, -0.2) is 33.3 Å². The summed E-state index contributed by atoms with van der Waals surface area (Å²) in [4.78, 5) is 25.1. The number of allylic oxidation sites excluding steroid dienone is 1. The van der Waals surface area contributed by atoms with E-state index in [9.17, 15) is 9.59 Å². The average Bonchev–Trinajstić information content (AvgIpc) is 2.73. The molecule has 2 aromatic rings. The molecule has 0 saturated carbocycles. The minimum Gasteiger partial charge on any atom is -0.497 e. The second-order valence-corrected chi connectivity index (χ2v) is 6.37. The Morgan fingerprint density at radius 1 is 0.966 bits per heavy atom. The van der Waals surface area contributed by atoms with E-state index >= 15 is 0 Å². The first-order valence-electron chi connectivity index (χ1n) is 8.92. The maximum Gasteiger partial charge on any atom is 0.319 e. The molecule has 3 N–H and O–H groups in total. The standard InChI is InChI=1S/C21H23N3O5/c1-12-18(20(25)23-14-6-8-15(27-2)9-7-14)19(24-21(26)22-12)13-5-10-16(28-3)17(11-13)29-4/h5-11,19H,1-4H3,(H,23,25)(H2,22,24,26). The fourth-order valence-corrected chi connectivity index (χ4v) is 3.15. The molecular weight excluding hydrogens is 374 g/mol. The van der Waals surface area contributed by atoms with Crippen LogP contribution in [0, 0.1) is 0 Å². The monoisotopic (exact) mass is 397 g/mol.